The van der Waals surface area contributed by atoms with Crippen molar-refractivity contribution in [2.24, 2.45) is 17.2 Å². The second kappa shape index (κ2) is 4.63. The normalized spacial score (nSPS) is 29.1. The van der Waals surface area contributed by atoms with Gasteiger partial charge in [-0.1, -0.05) is 34.1 Å². The van der Waals surface area contributed by atoms with E-state index in [1.54, 1.807) is 0 Å². The Morgan fingerprint density at radius 2 is 2.07 bits per heavy atom. The molecule has 0 saturated heterocycles. The van der Waals surface area contributed by atoms with E-state index in [2.05, 4.69) is 33.1 Å². The van der Waals surface area contributed by atoms with Crippen molar-refractivity contribution in [2.45, 2.75) is 59.4 Å². The summed E-state index contributed by atoms with van der Waals surface area (Å²) in [4.78, 5) is 0. The minimum atomic E-state index is 0.412. The van der Waals surface area contributed by atoms with Crippen LogP contribution in [-0.2, 0) is 0 Å². The maximum Gasteiger partial charge on any atom is 0.0295 e. The van der Waals surface area contributed by atoms with Crippen molar-refractivity contribution in [3.8, 4) is 0 Å². The van der Waals surface area contributed by atoms with Crippen LogP contribution in [0.1, 0.15) is 53.4 Å². The minimum absolute atomic E-state index is 0.412. The highest BCUT2D eigenvalue weighted by Gasteiger charge is 2.33. The van der Waals surface area contributed by atoms with E-state index in [4.69, 9.17) is 5.84 Å². The molecule has 1 rings (SSSR count). The first kappa shape index (κ1) is 12.0. The van der Waals surface area contributed by atoms with E-state index < -0.39 is 0 Å². The van der Waals surface area contributed by atoms with Crippen LogP contribution in [0.5, 0.6) is 0 Å². The maximum absolute atomic E-state index is 5.62. The molecule has 2 unspecified atom stereocenters. The van der Waals surface area contributed by atoms with Crippen LogP contribution in [0.2, 0.25) is 0 Å². The summed E-state index contributed by atoms with van der Waals surface area (Å²) < 4.78 is 0. The molecule has 14 heavy (non-hydrogen) atoms. The number of hydrazine groups is 1. The quantitative estimate of drug-likeness (QED) is 0.539. The first-order valence-corrected chi connectivity index (χ1v) is 5.72. The molecule has 0 spiro atoms. The first-order chi connectivity index (χ1) is 6.46. The average Bonchev–Trinajstić information content (AvgIpc) is 2.02. The van der Waals surface area contributed by atoms with Crippen molar-refractivity contribution in [1.29, 1.82) is 0 Å². The summed E-state index contributed by atoms with van der Waals surface area (Å²) in [5, 5.41) is 0. The summed E-state index contributed by atoms with van der Waals surface area (Å²) >= 11 is 0. The zero-order valence-corrected chi connectivity index (χ0v) is 10.1. The topological polar surface area (TPSA) is 38.0 Å². The van der Waals surface area contributed by atoms with Crippen molar-refractivity contribution >= 4 is 0 Å². The summed E-state index contributed by atoms with van der Waals surface area (Å²) in [7, 11) is 0. The average molecular weight is 197 g/mol. The van der Waals surface area contributed by atoms with Gasteiger partial charge in [0.2, 0.25) is 0 Å². The number of hydrogen-bond acceptors (Lipinski definition) is 2. The summed E-state index contributed by atoms with van der Waals surface area (Å²) in [5.74, 6) is 7.76. The molecule has 1 aliphatic rings. The van der Waals surface area contributed by atoms with E-state index in [1.807, 2.05) is 0 Å². The molecular weight excluding hydrogens is 172 g/mol. The molecule has 2 heteroatoms. The lowest BCUT2D eigenvalue weighted by atomic mass is 9.68. The minimum Gasteiger partial charge on any atom is -0.271 e. The lowest BCUT2D eigenvalue weighted by Crippen LogP contribution is -2.46. The summed E-state index contributed by atoms with van der Waals surface area (Å²) in [6.07, 6.45) is 5.34. The van der Waals surface area contributed by atoms with E-state index in [0.29, 0.717) is 11.5 Å². The van der Waals surface area contributed by atoms with Gasteiger partial charge in [0.1, 0.15) is 0 Å². The molecule has 0 aromatic rings. The fourth-order valence-corrected chi connectivity index (χ4v) is 2.82. The molecule has 1 aliphatic carbocycles. The van der Waals surface area contributed by atoms with Gasteiger partial charge in [0.05, 0.1) is 0 Å². The zero-order valence-electron chi connectivity index (χ0n) is 10.1. The highest BCUT2D eigenvalue weighted by Crippen LogP contribution is 2.41. The van der Waals surface area contributed by atoms with Gasteiger partial charge in [-0.2, -0.15) is 0 Å². The van der Waals surface area contributed by atoms with Gasteiger partial charge in [-0.25, -0.2) is 0 Å². The fraction of sp³-hybridized carbons (Fsp3) is 0.917. The smallest absolute Gasteiger partial charge is 0.0295 e. The van der Waals surface area contributed by atoms with Gasteiger partial charge in [0.25, 0.3) is 0 Å². The maximum atomic E-state index is 5.62. The predicted octanol–water partition coefficient (Wildman–Crippen LogP) is 2.65. The molecule has 0 bridgehead atoms. The molecule has 0 amide bonds. The van der Waals surface area contributed by atoms with Crippen LogP contribution in [0.15, 0.2) is 0 Å². The molecule has 1 radical (unpaired) electrons. The van der Waals surface area contributed by atoms with Crippen LogP contribution in [0, 0.1) is 17.3 Å². The molecule has 83 valence electrons. The van der Waals surface area contributed by atoms with Crippen LogP contribution in [0.25, 0.3) is 0 Å². The third kappa shape index (κ3) is 2.96. The number of hydrogen-bond donors (Lipinski definition) is 2. The van der Waals surface area contributed by atoms with Crippen molar-refractivity contribution in [1.82, 2.24) is 5.43 Å². The van der Waals surface area contributed by atoms with Crippen LogP contribution in [-0.4, -0.2) is 6.04 Å². The van der Waals surface area contributed by atoms with Crippen molar-refractivity contribution in [3.05, 3.63) is 5.92 Å². The monoisotopic (exact) mass is 197 g/mol. The van der Waals surface area contributed by atoms with E-state index in [1.165, 1.54) is 31.6 Å². The van der Waals surface area contributed by atoms with Gasteiger partial charge >= 0.3 is 0 Å². The van der Waals surface area contributed by atoms with Crippen molar-refractivity contribution in [2.75, 3.05) is 0 Å². The molecule has 0 aromatic carbocycles. The summed E-state index contributed by atoms with van der Waals surface area (Å²) in [6, 6.07) is 0.412. The van der Waals surface area contributed by atoms with E-state index in [-0.39, 0.29) is 0 Å². The Hall–Kier alpha value is -0.0800. The molecule has 0 aromatic heterocycles. The van der Waals surface area contributed by atoms with E-state index >= 15 is 0 Å². The molecule has 0 heterocycles. The van der Waals surface area contributed by atoms with E-state index in [9.17, 15) is 0 Å². The second-order valence-electron chi connectivity index (χ2n) is 5.74. The molecular formula is C12H25N2. The van der Waals surface area contributed by atoms with Crippen LogP contribution >= 0.6 is 0 Å². The molecule has 3 N–H and O–H groups in total. The lowest BCUT2D eigenvalue weighted by molar-refractivity contribution is 0.151. The zero-order chi connectivity index (χ0) is 10.8. The Labute approximate surface area is 88.6 Å². The Bertz CT molecular complexity index is 175. The summed E-state index contributed by atoms with van der Waals surface area (Å²) in [6.45, 7) is 9.09. The molecule has 1 saturated carbocycles. The summed E-state index contributed by atoms with van der Waals surface area (Å²) in [5.41, 5.74) is 3.48. The standard InChI is InChI=1S/C12H25N2/c1-9(2)11(14-13)10-6-5-7-12(3,4)8-10/h10-11,14H,5-8,13H2,1-4H3. The number of nitrogens with one attached hydrogen (secondary N) is 1. The molecule has 2 nitrogen and oxygen atoms in total. The third-order valence-electron chi connectivity index (χ3n) is 3.52. The molecule has 0 aliphatic heterocycles. The Kier molecular flexibility index (Phi) is 3.96. The van der Waals surface area contributed by atoms with Gasteiger partial charge in [0, 0.05) is 6.04 Å². The Morgan fingerprint density at radius 3 is 2.50 bits per heavy atom. The number of nitrogens with two attached hydrogens (primary N) is 1. The molecule has 1 fully saturated rings. The second-order valence-corrected chi connectivity index (χ2v) is 5.74. The first-order valence-electron chi connectivity index (χ1n) is 5.72. The highest BCUT2D eigenvalue weighted by atomic mass is 15.2. The Balaban J connectivity index is 2.58. The largest absolute Gasteiger partial charge is 0.271 e. The van der Waals surface area contributed by atoms with Gasteiger partial charge in [-0.3, -0.25) is 11.3 Å². The Morgan fingerprint density at radius 1 is 1.43 bits per heavy atom. The van der Waals surface area contributed by atoms with Crippen molar-refractivity contribution < 1.29 is 0 Å². The fourth-order valence-electron chi connectivity index (χ4n) is 2.82. The SMILES string of the molecule is C[C](C)C(NN)C1CCCC(C)(C)C1. The van der Waals surface area contributed by atoms with Gasteiger partial charge < -0.3 is 0 Å². The lowest BCUT2D eigenvalue weighted by Gasteiger charge is -2.40. The van der Waals surface area contributed by atoms with Gasteiger partial charge in [-0.15, -0.1) is 0 Å². The highest BCUT2D eigenvalue weighted by molar-refractivity contribution is 4.98. The van der Waals surface area contributed by atoms with Crippen LogP contribution < -0.4 is 11.3 Å². The third-order valence-corrected chi connectivity index (χ3v) is 3.52. The van der Waals surface area contributed by atoms with Gasteiger partial charge in [-0.05, 0) is 36.5 Å². The number of rotatable bonds is 3. The van der Waals surface area contributed by atoms with Gasteiger partial charge in [0.15, 0.2) is 0 Å². The van der Waals surface area contributed by atoms with E-state index in [0.717, 1.165) is 5.92 Å². The molecule has 2 atom stereocenters. The van der Waals surface area contributed by atoms with Crippen LogP contribution in [0.4, 0.5) is 0 Å². The van der Waals surface area contributed by atoms with Crippen molar-refractivity contribution in [3.63, 3.8) is 0 Å². The predicted molar refractivity (Wildman–Crippen MR) is 61.4 cm³/mol. The van der Waals surface area contributed by atoms with Crippen LogP contribution in [0.3, 0.4) is 0 Å².